The lowest BCUT2D eigenvalue weighted by atomic mass is 10.1. The molecule has 0 saturated carbocycles. The number of nitrogens with zero attached hydrogens (tertiary/aromatic N) is 1. The molecule has 3 amide bonds. The first-order valence-electron chi connectivity index (χ1n) is 9.53. The molecule has 0 aliphatic carbocycles. The first-order valence-corrected chi connectivity index (χ1v) is 10.7. The van der Waals surface area contributed by atoms with E-state index in [2.05, 4.69) is 10.6 Å². The number of nitrogens with one attached hydrogen (secondary N) is 2. The van der Waals surface area contributed by atoms with E-state index in [1.165, 1.54) is 19.2 Å². The number of anilines is 2. The Morgan fingerprint density at radius 1 is 0.970 bits per heavy atom. The number of halogens is 2. The predicted octanol–water partition coefficient (Wildman–Crippen LogP) is 4.93. The van der Waals surface area contributed by atoms with Gasteiger partial charge in [-0.25, -0.2) is 4.90 Å². The van der Waals surface area contributed by atoms with Crippen molar-refractivity contribution >= 4 is 69.6 Å². The van der Waals surface area contributed by atoms with Crippen molar-refractivity contribution in [1.29, 1.82) is 0 Å². The molecule has 3 aromatic rings. The molecule has 0 unspecified atom stereocenters. The normalized spacial score (nSPS) is 12.4. The van der Waals surface area contributed by atoms with Gasteiger partial charge in [-0.3, -0.25) is 19.7 Å². The summed E-state index contributed by atoms with van der Waals surface area (Å²) in [6, 6.07) is 16.0. The minimum absolute atomic E-state index is 0.0200. The van der Waals surface area contributed by atoms with Gasteiger partial charge in [0.15, 0.2) is 5.11 Å². The summed E-state index contributed by atoms with van der Waals surface area (Å²) in [5, 5.41) is 5.89. The average Bonchev–Trinajstić information content (AvgIpc) is 3.04. The Morgan fingerprint density at radius 3 is 2.15 bits per heavy atom. The fourth-order valence-corrected chi connectivity index (χ4v) is 4.17. The van der Waals surface area contributed by atoms with Crippen molar-refractivity contribution in [2.75, 3.05) is 17.3 Å². The Balaban J connectivity index is 1.45. The molecular formula is C23H15Cl2N3O4S. The van der Waals surface area contributed by atoms with Gasteiger partial charge in [-0.1, -0.05) is 35.3 Å². The Labute approximate surface area is 204 Å². The van der Waals surface area contributed by atoms with E-state index in [1.807, 2.05) is 0 Å². The van der Waals surface area contributed by atoms with Crippen LogP contribution in [0.3, 0.4) is 0 Å². The van der Waals surface area contributed by atoms with Crippen LogP contribution in [0.15, 0.2) is 60.7 Å². The molecule has 1 aliphatic heterocycles. The number of carbonyl (C=O) groups excluding carboxylic acids is 3. The van der Waals surface area contributed by atoms with Crippen molar-refractivity contribution in [1.82, 2.24) is 5.32 Å². The van der Waals surface area contributed by atoms with Crippen molar-refractivity contribution in [3.05, 3.63) is 87.4 Å². The van der Waals surface area contributed by atoms with Gasteiger partial charge in [0.25, 0.3) is 17.7 Å². The summed E-state index contributed by atoms with van der Waals surface area (Å²) < 4.78 is 5.18. The monoisotopic (exact) mass is 499 g/mol. The van der Waals surface area contributed by atoms with Crippen molar-refractivity contribution < 1.29 is 19.1 Å². The van der Waals surface area contributed by atoms with Gasteiger partial charge in [0.05, 0.1) is 34.5 Å². The van der Waals surface area contributed by atoms with Crippen LogP contribution in [0.1, 0.15) is 31.1 Å². The topological polar surface area (TPSA) is 87.7 Å². The smallest absolute Gasteiger partial charge is 0.266 e. The van der Waals surface area contributed by atoms with Crippen LogP contribution in [-0.2, 0) is 0 Å². The predicted molar refractivity (Wildman–Crippen MR) is 131 cm³/mol. The molecule has 0 spiro atoms. The van der Waals surface area contributed by atoms with Gasteiger partial charge in [-0.15, -0.1) is 0 Å². The van der Waals surface area contributed by atoms with Gasteiger partial charge >= 0.3 is 0 Å². The van der Waals surface area contributed by atoms with Crippen LogP contribution in [0.5, 0.6) is 5.75 Å². The highest BCUT2D eigenvalue weighted by Gasteiger charge is 2.36. The minimum atomic E-state index is -0.559. The summed E-state index contributed by atoms with van der Waals surface area (Å²) in [5.41, 5.74) is 1.81. The summed E-state index contributed by atoms with van der Waals surface area (Å²) in [4.78, 5) is 39.0. The highest BCUT2D eigenvalue weighted by atomic mass is 35.5. The molecule has 0 fully saturated rings. The third kappa shape index (κ3) is 4.41. The zero-order valence-corrected chi connectivity index (χ0v) is 19.3. The van der Waals surface area contributed by atoms with E-state index in [0.717, 1.165) is 4.90 Å². The maximum absolute atomic E-state index is 12.6. The van der Waals surface area contributed by atoms with E-state index < -0.39 is 5.91 Å². The van der Waals surface area contributed by atoms with Crippen LogP contribution < -0.4 is 20.3 Å². The number of hydrogen-bond donors (Lipinski definition) is 2. The molecule has 3 aromatic carbocycles. The number of rotatable bonds is 4. The lowest BCUT2D eigenvalue weighted by molar-refractivity contribution is 0.0923. The molecule has 1 aliphatic rings. The van der Waals surface area contributed by atoms with Crippen LogP contribution in [-0.4, -0.2) is 29.9 Å². The largest absolute Gasteiger partial charge is 0.494 e. The quantitative estimate of drug-likeness (QED) is 0.390. The number of benzene rings is 3. The van der Waals surface area contributed by atoms with Crippen molar-refractivity contribution in [2.45, 2.75) is 0 Å². The molecule has 2 N–H and O–H groups in total. The number of amides is 3. The molecule has 0 atom stereocenters. The Hall–Kier alpha value is -3.46. The van der Waals surface area contributed by atoms with Crippen LogP contribution in [0.2, 0.25) is 10.0 Å². The summed E-state index contributed by atoms with van der Waals surface area (Å²) in [6.45, 7) is 0. The summed E-state index contributed by atoms with van der Waals surface area (Å²) in [7, 11) is 1.39. The molecule has 0 bridgehead atoms. The second-order valence-electron chi connectivity index (χ2n) is 6.91. The highest BCUT2D eigenvalue weighted by molar-refractivity contribution is 7.80. The summed E-state index contributed by atoms with van der Waals surface area (Å²) in [5.74, 6) is -1.15. The standard InChI is InChI=1S/C23H15Cl2N3O4S/c1-32-19-17(10-12(24)11-18(19)25)20(29)27-23(33)26-13-6-8-14(9-7-13)28-21(30)15-4-2-3-5-16(15)22(28)31/h2-11H,1H3,(H2,26,27,29,33). The fraction of sp³-hybridized carbons (Fsp3) is 0.0435. The number of methoxy groups -OCH3 is 1. The molecule has 0 radical (unpaired) electrons. The van der Waals surface area contributed by atoms with Crippen LogP contribution in [0, 0.1) is 0 Å². The van der Waals surface area contributed by atoms with E-state index in [-0.39, 0.29) is 38.3 Å². The lowest BCUT2D eigenvalue weighted by Crippen LogP contribution is -2.34. The number of imide groups is 1. The first-order chi connectivity index (χ1) is 15.8. The molecule has 166 valence electrons. The van der Waals surface area contributed by atoms with Crippen molar-refractivity contribution in [3.63, 3.8) is 0 Å². The molecule has 4 rings (SSSR count). The van der Waals surface area contributed by atoms with Gasteiger partial charge in [0.2, 0.25) is 0 Å². The molecule has 7 nitrogen and oxygen atoms in total. The average molecular weight is 500 g/mol. The lowest BCUT2D eigenvalue weighted by Gasteiger charge is -2.15. The number of hydrogen-bond acceptors (Lipinski definition) is 5. The van der Waals surface area contributed by atoms with Crippen LogP contribution >= 0.6 is 35.4 Å². The van der Waals surface area contributed by atoms with E-state index in [4.69, 9.17) is 40.2 Å². The SMILES string of the molecule is COc1c(Cl)cc(Cl)cc1C(=O)NC(=S)Nc1ccc(N2C(=O)c3ccccc3C2=O)cc1. The van der Waals surface area contributed by atoms with Crippen molar-refractivity contribution in [2.24, 2.45) is 0 Å². The number of fused-ring (bicyclic) bond motifs is 1. The van der Waals surface area contributed by atoms with E-state index in [0.29, 0.717) is 22.5 Å². The fourth-order valence-electron chi connectivity index (χ4n) is 3.39. The third-order valence-corrected chi connectivity index (χ3v) is 5.56. The maximum atomic E-state index is 12.6. The molecule has 0 saturated heterocycles. The maximum Gasteiger partial charge on any atom is 0.266 e. The molecule has 33 heavy (non-hydrogen) atoms. The second kappa shape index (κ2) is 9.19. The van der Waals surface area contributed by atoms with E-state index in [1.54, 1.807) is 48.5 Å². The summed E-state index contributed by atoms with van der Waals surface area (Å²) in [6.07, 6.45) is 0. The van der Waals surface area contributed by atoms with Gasteiger partial charge < -0.3 is 10.1 Å². The van der Waals surface area contributed by atoms with Gasteiger partial charge in [-0.05, 0) is 60.7 Å². The number of ether oxygens (including phenoxy) is 1. The Kier molecular flexibility index (Phi) is 6.33. The van der Waals surface area contributed by atoms with Crippen LogP contribution in [0.4, 0.5) is 11.4 Å². The van der Waals surface area contributed by atoms with Gasteiger partial charge in [0.1, 0.15) is 5.75 Å². The number of thiocarbonyl (C=S) groups is 1. The first kappa shape index (κ1) is 22.7. The molecule has 10 heteroatoms. The van der Waals surface area contributed by atoms with E-state index in [9.17, 15) is 14.4 Å². The minimum Gasteiger partial charge on any atom is -0.494 e. The zero-order valence-electron chi connectivity index (χ0n) is 17.0. The number of carbonyl (C=O) groups is 3. The Morgan fingerprint density at radius 2 is 1.58 bits per heavy atom. The second-order valence-corrected chi connectivity index (χ2v) is 8.17. The Bertz CT molecular complexity index is 1280. The van der Waals surface area contributed by atoms with Gasteiger partial charge in [0, 0.05) is 10.7 Å². The third-order valence-electron chi connectivity index (χ3n) is 4.86. The van der Waals surface area contributed by atoms with Gasteiger partial charge in [-0.2, -0.15) is 0 Å². The van der Waals surface area contributed by atoms with Crippen molar-refractivity contribution in [3.8, 4) is 5.75 Å². The molecular weight excluding hydrogens is 485 g/mol. The highest BCUT2D eigenvalue weighted by Crippen LogP contribution is 2.32. The van der Waals surface area contributed by atoms with Crippen LogP contribution in [0.25, 0.3) is 0 Å². The molecule has 0 aromatic heterocycles. The molecule has 1 heterocycles. The summed E-state index contributed by atoms with van der Waals surface area (Å²) >= 11 is 17.3. The zero-order chi connectivity index (χ0) is 23.7. The van der Waals surface area contributed by atoms with E-state index >= 15 is 0 Å².